The first-order chi connectivity index (χ1) is 17.1. The zero-order chi connectivity index (χ0) is 27.6. The molecule has 0 heterocycles. The second-order valence-electron chi connectivity index (χ2n) is 11.3. The maximum atomic E-state index is 10.6. The van der Waals surface area contributed by atoms with Crippen LogP contribution in [0.4, 0.5) is 0 Å². The van der Waals surface area contributed by atoms with Gasteiger partial charge in [-0.15, -0.1) is 0 Å². The number of carboxylic acid groups (broad SMARTS) is 2. The molecule has 5 nitrogen and oxygen atoms in total. The van der Waals surface area contributed by atoms with Crippen molar-refractivity contribution in [3.8, 4) is 0 Å². The Bertz CT molecular complexity index is 455. The predicted molar refractivity (Wildman–Crippen MR) is 158 cm³/mol. The molecule has 0 fully saturated rings. The topological polar surface area (TPSA) is 101 Å². The largest absolute Gasteiger partial charge is 0.480 e. The summed E-state index contributed by atoms with van der Waals surface area (Å²) >= 11 is 3.17. The average molecular weight is 579 g/mol. The summed E-state index contributed by atoms with van der Waals surface area (Å²) in [5.74, 6) is 0.0696. The first-order valence-corrected chi connectivity index (χ1v) is 15.8. The first kappa shape index (κ1) is 37.5. The lowest BCUT2D eigenvalue weighted by atomic mass is 10.0. The van der Waals surface area contributed by atoms with Crippen LogP contribution in [-0.2, 0) is 9.59 Å². The lowest BCUT2D eigenvalue weighted by Crippen LogP contribution is -2.29. The van der Waals surface area contributed by atoms with E-state index in [1.165, 1.54) is 96.3 Å². The fourth-order valence-corrected chi connectivity index (χ4v) is 4.48. The second kappa shape index (κ2) is 27.4. The smallest absolute Gasteiger partial charge is 0.320 e. The molecule has 36 heavy (non-hydrogen) atoms. The van der Waals surface area contributed by atoms with Crippen LogP contribution in [0.25, 0.3) is 0 Å². The minimum absolute atomic E-state index is 0.353. The number of hydrogen-bond donors (Lipinski definition) is 3. The summed E-state index contributed by atoms with van der Waals surface area (Å²) in [6.07, 6.45) is 24.3. The highest BCUT2D eigenvalue weighted by molar-refractivity contribution is 9.10. The van der Waals surface area contributed by atoms with Crippen molar-refractivity contribution in [2.24, 2.45) is 17.6 Å². The summed E-state index contributed by atoms with van der Waals surface area (Å²) in [5.41, 5.74) is 5.44. The van der Waals surface area contributed by atoms with Gasteiger partial charge in [0.1, 0.15) is 10.9 Å². The zero-order valence-corrected chi connectivity index (χ0v) is 25.7. The van der Waals surface area contributed by atoms with Gasteiger partial charge in [-0.2, -0.15) is 0 Å². The van der Waals surface area contributed by atoms with Gasteiger partial charge in [-0.05, 0) is 24.7 Å². The number of rotatable bonds is 24. The van der Waals surface area contributed by atoms with Crippen LogP contribution in [0.3, 0.4) is 0 Å². The minimum Gasteiger partial charge on any atom is -0.480 e. The van der Waals surface area contributed by atoms with Gasteiger partial charge in [0.05, 0.1) is 0 Å². The van der Waals surface area contributed by atoms with E-state index in [-0.39, 0.29) is 4.83 Å². The van der Waals surface area contributed by atoms with Crippen LogP contribution in [0.15, 0.2) is 0 Å². The monoisotopic (exact) mass is 577 g/mol. The number of unbranched alkanes of at least 4 members (excludes halogenated alkanes) is 14. The summed E-state index contributed by atoms with van der Waals surface area (Å²) < 4.78 is 0. The summed E-state index contributed by atoms with van der Waals surface area (Å²) in [6.45, 7) is 9.13. The molecular formula is C30H60BrNO4. The van der Waals surface area contributed by atoms with Gasteiger partial charge in [0.2, 0.25) is 0 Å². The molecule has 2 unspecified atom stereocenters. The highest BCUT2D eigenvalue weighted by Gasteiger charge is 2.11. The maximum Gasteiger partial charge on any atom is 0.320 e. The van der Waals surface area contributed by atoms with Crippen LogP contribution in [-0.4, -0.2) is 33.0 Å². The van der Waals surface area contributed by atoms with Crippen molar-refractivity contribution in [1.29, 1.82) is 0 Å². The molecule has 216 valence electrons. The SMILES string of the molecule is CC(C)CCCCCCCCCCC(Br)C(=O)O.CC(C)CCCCCCCCCCC(N)C(=O)O. The fraction of sp³-hybridized carbons (Fsp3) is 0.933. The van der Waals surface area contributed by atoms with E-state index in [1.807, 2.05) is 0 Å². The van der Waals surface area contributed by atoms with E-state index in [4.69, 9.17) is 15.9 Å². The Hall–Kier alpha value is -0.620. The lowest BCUT2D eigenvalue weighted by Gasteiger charge is -2.06. The molecule has 0 aliphatic heterocycles. The Morgan fingerprint density at radius 2 is 0.806 bits per heavy atom. The summed E-state index contributed by atoms with van der Waals surface area (Å²) in [5, 5.41) is 17.3. The Balaban J connectivity index is 0. The molecule has 0 saturated carbocycles. The van der Waals surface area contributed by atoms with Crippen LogP contribution in [0.2, 0.25) is 0 Å². The second-order valence-corrected chi connectivity index (χ2v) is 12.5. The molecule has 0 aliphatic rings. The van der Waals surface area contributed by atoms with Gasteiger partial charge in [-0.25, -0.2) is 0 Å². The molecule has 0 spiro atoms. The summed E-state index contributed by atoms with van der Waals surface area (Å²) in [4.78, 5) is 20.7. The van der Waals surface area contributed by atoms with Crippen LogP contribution in [0, 0.1) is 11.8 Å². The van der Waals surface area contributed by atoms with Gasteiger partial charge in [0.25, 0.3) is 0 Å². The van der Waals surface area contributed by atoms with Crippen molar-refractivity contribution >= 4 is 27.9 Å². The van der Waals surface area contributed by atoms with Crippen LogP contribution in [0.1, 0.15) is 156 Å². The Kier molecular flexibility index (Phi) is 28.6. The van der Waals surface area contributed by atoms with Crippen molar-refractivity contribution in [2.45, 2.75) is 167 Å². The molecule has 0 aromatic heterocycles. The Morgan fingerprint density at radius 3 is 1.08 bits per heavy atom. The van der Waals surface area contributed by atoms with E-state index < -0.39 is 18.0 Å². The third kappa shape index (κ3) is 31.4. The Labute approximate surface area is 231 Å². The first-order valence-electron chi connectivity index (χ1n) is 14.9. The van der Waals surface area contributed by atoms with E-state index in [0.29, 0.717) is 6.42 Å². The number of nitrogens with two attached hydrogens (primary N) is 1. The van der Waals surface area contributed by atoms with E-state index in [1.54, 1.807) is 0 Å². The van der Waals surface area contributed by atoms with Gasteiger partial charge >= 0.3 is 11.9 Å². The lowest BCUT2D eigenvalue weighted by molar-refractivity contribution is -0.139. The van der Waals surface area contributed by atoms with E-state index in [0.717, 1.165) is 37.5 Å². The van der Waals surface area contributed by atoms with Crippen LogP contribution >= 0.6 is 15.9 Å². The molecule has 0 rings (SSSR count). The highest BCUT2D eigenvalue weighted by Crippen LogP contribution is 2.16. The molecule has 0 aromatic carbocycles. The number of halogens is 1. The molecule has 0 aliphatic carbocycles. The minimum atomic E-state index is -0.875. The van der Waals surface area contributed by atoms with Gasteiger partial charge in [0, 0.05) is 0 Å². The quantitative estimate of drug-likeness (QED) is 0.0782. The van der Waals surface area contributed by atoms with E-state index in [2.05, 4.69) is 43.6 Å². The number of hydrogen-bond acceptors (Lipinski definition) is 3. The molecule has 6 heteroatoms. The average Bonchev–Trinajstić information content (AvgIpc) is 2.81. The molecule has 4 N–H and O–H groups in total. The van der Waals surface area contributed by atoms with Gasteiger partial charge < -0.3 is 15.9 Å². The molecule has 0 saturated heterocycles. The standard InChI is InChI=1S/C15H29BrO2.C15H31NO2/c2*1-13(2)11-9-7-5-3-4-6-8-10-12-14(16)15(17)18/h13-14H,3-12H2,1-2H3,(H,17,18);13-14H,3-12,16H2,1-2H3,(H,17,18). The van der Waals surface area contributed by atoms with Crippen molar-refractivity contribution in [3.63, 3.8) is 0 Å². The molecule has 0 bridgehead atoms. The van der Waals surface area contributed by atoms with Crippen molar-refractivity contribution in [3.05, 3.63) is 0 Å². The molecule has 0 amide bonds. The van der Waals surface area contributed by atoms with Crippen molar-refractivity contribution < 1.29 is 19.8 Å². The van der Waals surface area contributed by atoms with Gasteiger partial charge in [-0.1, -0.05) is 159 Å². The number of aliphatic carboxylic acids is 2. The number of carbonyl (C=O) groups is 2. The van der Waals surface area contributed by atoms with Crippen LogP contribution in [0.5, 0.6) is 0 Å². The molecule has 0 radical (unpaired) electrons. The van der Waals surface area contributed by atoms with E-state index >= 15 is 0 Å². The summed E-state index contributed by atoms with van der Waals surface area (Å²) in [6, 6.07) is -0.666. The highest BCUT2D eigenvalue weighted by atomic mass is 79.9. The van der Waals surface area contributed by atoms with Crippen molar-refractivity contribution in [1.82, 2.24) is 0 Å². The zero-order valence-electron chi connectivity index (χ0n) is 24.1. The van der Waals surface area contributed by atoms with Crippen LogP contribution < -0.4 is 5.73 Å². The fourth-order valence-electron chi connectivity index (χ4n) is 4.16. The third-order valence-electron chi connectivity index (χ3n) is 6.62. The number of alkyl halides is 1. The normalized spacial score (nSPS) is 12.9. The number of carboxylic acids is 2. The van der Waals surface area contributed by atoms with Gasteiger partial charge in [0.15, 0.2) is 0 Å². The summed E-state index contributed by atoms with van der Waals surface area (Å²) in [7, 11) is 0. The Morgan fingerprint density at radius 1 is 0.528 bits per heavy atom. The van der Waals surface area contributed by atoms with Gasteiger partial charge in [-0.3, -0.25) is 9.59 Å². The molecule has 0 aromatic rings. The maximum absolute atomic E-state index is 10.6. The predicted octanol–water partition coefficient (Wildman–Crippen LogP) is 9.35. The van der Waals surface area contributed by atoms with Crippen molar-refractivity contribution in [2.75, 3.05) is 0 Å². The molecular weight excluding hydrogens is 518 g/mol. The molecule has 2 atom stereocenters. The third-order valence-corrected chi connectivity index (χ3v) is 7.47. The van der Waals surface area contributed by atoms with E-state index in [9.17, 15) is 9.59 Å².